The summed E-state index contributed by atoms with van der Waals surface area (Å²) in [4.78, 5) is 11.6. The monoisotopic (exact) mass is 632 g/mol. The van der Waals surface area contributed by atoms with E-state index in [1.807, 2.05) is 36.7 Å². The van der Waals surface area contributed by atoms with Gasteiger partial charge in [0.15, 0.2) is 12.6 Å². The van der Waals surface area contributed by atoms with Gasteiger partial charge >= 0.3 is 0 Å². The van der Waals surface area contributed by atoms with Gasteiger partial charge in [0.1, 0.15) is 22.8 Å². The van der Waals surface area contributed by atoms with Crippen LogP contribution in [0.5, 0.6) is 11.5 Å². The third kappa shape index (κ3) is 9.96. The van der Waals surface area contributed by atoms with E-state index in [1.54, 1.807) is 26.6 Å². The third-order valence-corrected chi connectivity index (χ3v) is 7.04. The van der Waals surface area contributed by atoms with Gasteiger partial charge in [-0.3, -0.25) is 0 Å². The Kier molecular flexibility index (Phi) is 13.2. The van der Waals surface area contributed by atoms with Crippen LogP contribution < -0.4 is 9.47 Å². The molecule has 1 N–H and O–H groups in total. The number of nitrogens with one attached hydrogen (secondary N) is 1. The Bertz CT molecular complexity index is 1290. The number of alkyl halides is 1. The van der Waals surface area contributed by atoms with Crippen LogP contribution in [0.25, 0.3) is 22.1 Å². The van der Waals surface area contributed by atoms with Crippen LogP contribution in [0.15, 0.2) is 49.1 Å². The molecule has 224 valence electrons. The molecule has 2 aliphatic rings. The fourth-order valence-electron chi connectivity index (χ4n) is 4.52. The van der Waals surface area contributed by atoms with E-state index < -0.39 is 0 Å². The highest BCUT2D eigenvalue weighted by atomic mass is 79.9. The molecule has 6 rings (SSSR count). The van der Waals surface area contributed by atoms with Crippen LogP contribution in [0.3, 0.4) is 0 Å². The van der Waals surface area contributed by atoms with Gasteiger partial charge in [-0.1, -0.05) is 15.9 Å². The van der Waals surface area contributed by atoms with Crippen molar-refractivity contribution < 1.29 is 28.4 Å². The summed E-state index contributed by atoms with van der Waals surface area (Å²) in [5.41, 5.74) is 1.85. The van der Waals surface area contributed by atoms with Gasteiger partial charge < -0.3 is 38.0 Å². The first-order chi connectivity index (χ1) is 20.2. The lowest BCUT2D eigenvalue weighted by Crippen LogP contribution is -2.23. The minimum Gasteiger partial charge on any atom is -0.495 e. The van der Waals surface area contributed by atoms with Crippen molar-refractivity contribution in [3.8, 4) is 11.5 Å². The van der Waals surface area contributed by atoms with Crippen LogP contribution >= 0.6 is 15.9 Å². The average molecular weight is 634 g/mol. The topological polar surface area (TPSA) is 102 Å². The molecule has 2 saturated heterocycles. The molecule has 4 aromatic heterocycles. The van der Waals surface area contributed by atoms with Crippen LogP contribution in [-0.4, -0.2) is 78.1 Å². The second-order valence-corrected chi connectivity index (χ2v) is 10.4. The minimum atomic E-state index is -0.0290. The van der Waals surface area contributed by atoms with Crippen LogP contribution in [0.1, 0.15) is 38.5 Å². The first-order valence-corrected chi connectivity index (χ1v) is 15.3. The molecule has 4 aromatic rings. The predicted octanol–water partition coefficient (Wildman–Crippen LogP) is 6.08. The maximum atomic E-state index is 5.75. The van der Waals surface area contributed by atoms with Crippen molar-refractivity contribution in [3.05, 3.63) is 49.1 Å². The molecule has 0 spiro atoms. The van der Waals surface area contributed by atoms with Crippen molar-refractivity contribution in [2.75, 3.05) is 46.0 Å². The molecule has 0 radical (unpaired) electrons. The molecule has 0 aliphatic carbocycles. The highest BCUT2D eigenvalue weighted by Gasteiger charge is 2.14. The fourth-order valence-corrected chi connectivity index (χ4v) is 4.71. The Hall–Kier alpha value is -2.70. The van der Waals surface area contributed by atoms with Crippen LogP contribution in [0.4, 0.5) is 0 Å². The number of nitrogens with zero attached hydrogens (tertiary/aromatic N) is 3. The summed E-state index contributed by atoms with van der Waals surface area (Å²) >= 11 is 3.30. The van der Waals surface area contributed by atoms with Crippen LogP contribution in [-0.2, 0) is 25.5 Å². The summed E-state index contributed by atoms with van der Waals surface area (Å²) in [6.45, 7) is 3.86. The van der Waals surface area contributed by atoms with Gasteiger partial charge in [0.25, 0.3) is 0 Å². The quantitative estimate of drug-likeness (QED) is 0.221. The number of fused-ring (bicyclic) bond motifs is 2. The lowest BCUT2D eigenvalue weighted by atomic mass is 10.2. The molecule has 0 aromatic carbocycles. The van der Waals surface area contributed by atoms with Crippen molar-refractivity contribution in [1.82, 2.24) is 19.5 Å². The molecule has 41 heavy (non-hydrogen) atoms. The highest BCUT2D eigenvalue weighted by molar-refractivity contribution is 9.09. The first-order valence-electron chi connectivity index (χ1n) is 14.2. The van der Waals surface area contributed by atoms with Gasteiger partial charge in [-0.2, -0.15) is 0 Å². The lowest BCUT2D eigenvalue weighted by Gasteiger charge is -2.22. The van der Waals surface area contributed by atoms with Crippen molar-refractivity contribution >= 4 is 38.0 Å². The first kappa shape index (κ1) is 31.2. The fraction of sp³-hybridized carbons (Fsp3) is 0.533. The SMILES string of the molecule is BrCCOC1CCCCO1.COc1cnc2[nH]ccc2c1.COc1cnc2c(ccn2CCOC2CCCCO2)c1. The Balaban J connectivity index is 0.000000156. The highest BCUT2D eigenvalue weighted by Crippen LogP contribution is 2.20. The average Bonchev–Trinajstić information content (AvgIpc) is 3.68. The maximum Gasteiger partial charge on any atom is 0.157 e. The second-order valence-electron chi connectivity index (χ2n) is 9.61. The number of aromatic nitrogens is 4. The summed E-state index contributed by atoms with van der Waals surface area (Å²) < 4.78 is 34.3. The Labute approximate surface area is 249 Å². The van der Waals surface area contributed by atoms with E-state index in [-0.39, 0.29) is 12.6 Å². The molecular weight excluding hydrogens is 592 g/mol. The molecule has 6 heterocycles. The number of hydrogen-bond donors (Lipinski definition) is 1. The molecule has 10 nitrogen and oxygen atoms in total. The molecule has 2 unspecified atom stereocenters. The minimum absolute atomic E-state index is 0.0290. The zero-order valence-electron chi connectivity index (χ0n) is 23.9. The van der Waals surface area contributed by atoms with E-state index in [9.17, 15) is 0 Å². The van der Waals surface area contributed by atoms with Crippen molar-refractivity contribution in [3.63, 3.8) is 0 Å². The smallest absolute Gasteiger partial charge is 0.157 e. The second kappa shape index (κ2) is 17.3. The van der Waals surface area contributed by atoms with E-state index in [1.165, 1.54) is 19.3 Å². The van der Waals surface area contributed by atoms with Crippen molar-refractivity contribution in [2.24, 2.45) is 0 Å². The van der Waals surface area contributed by atoms with Gasteiger partial charge in [-0.15, -0.1) is 0 Å². The van der Waals surface area contributed by atoms with Crippen LogP contribution in [0, 0.1) is 0 Å². The van der Waals surface area contributed by atoms with Crippen molar-refractivity contribution in [1.29, 1.82) is 0 Å². The van der Waals surface area contributed by atoms with Gasteiger partial charge in [0, 0.05) is 48.3 Å². The van der Waals surface area contributed by atoms with Gasteiger partial charge in [-0.05, 0) is 62.8 Å². The number of halogens is 1. The van der Waals surface area contributed by atoms with E-state index in [2.05, 4.69) is 35.4 Å². The molecular formula is C30H41BrN4O6. The predicted molar refractivity (Wildman–Crippen MR) is 162 cm³/mol. The number of H-pyrrole nitrogens is 1. The van der Waals surface area contributed by atoms with E-state index in [4.69, 9.17) is 28.4 Å². The Morgan fingerprint density at radius 2 is 1.54 bits per heavy atom. The standard InChI is InChI=1S/C15H20N2O3.C8H8N2O.C7H13BrO2/c1-18-13-10-12-5-6-17(15(12)16-11-13)7-9-20-14-4-2-3-8-19-14;1-11-7-4-6-2-3-9-8(6)10-5-7;8-4-6-10-7-3-1-2-5-9-7/h5-6,10-11,14H,2-4,7-9H2,1H3;2-5H,1H3,(H,9,10);7H,1-6H2. The number of ether oxygens (including phenoxy) is 6. The van der Waals surface area contributed by atoms with E-state index in [0.29, 0.717) is 6.61 Å². The molecule has 2 fully saturated rings. The lowest BCUT2D eigenvalue weighted by molar-refractivity contribution is -0.163. The third-order valence-electron chi connectivity index (χ3n) is 6.72. The van der Waals surface area contributed by atoms with Gasteiger partial charge in [0.05, 0.1) is 39.8 Å². The summed E-state index contributed by atoms with van der Waals surface area (Å²) in [5, 5.41) is 3.05. The number of pyridine rings is 2. The summed E-state index contributed by atoms with van der Waals surface area (Å²) in [5.74, 6) is 1.57. The summed E-state index contributed by atoms with van der Waals surface area (Å²) in [7, 11) is 3.29. The van der Waals surface area contributed by atoms with Crippen molar-refractivity contribution in [2.45, 2.75) is 57.6 Å². The molecule has 11 heteroatoms. The Morgan fingerprint density at radius 1 is 0.878 bits per heavy atom. The van der Waals surface area contributed by atoms with Gasteiger partial charge in [0.2, 0.25) is 0 Å². The normalized spacial score (nSPS) is 18.7. The number of methoxy groups -OCH3 is 2. The largest absolute Gasteiger partial charge is 0.495 e. The molecule has 2 atom stereocenters. The molecule has 0 bridgehead atoms. The van der Waals surface area contributed by atoms with E-state index >= 15 is 0 Å². The number of rotatable bonds is 9. The molecule has 2 aliphatic heterocycles. The van der Waals surface area contributed by atoms with E-state index in [0.717, 1.165) is 84.5 Å². The molecule has 0 saturated carbocycles. The number of aromatic amines is 1. The zero-order valence-corrected chi connectivity index (χ0v) is 25.5. The maximum absolute atomic E-state index is 5.75. The van der Waals surface area contributed by atoms with Crippen LogP contribution in [0.2, 0.25) is 0 Å². The summed E-state index contributed by atoms with van der Waals surface area (Å²) in [6.07, 6.45) is 14.2. The molecule has 0 amide bonds. The zero-order chi connectivity index (χ0) is 28.7. The van der Waals surface area contributed by atoms with Gasteiger partial charge in [-0.25, -0.2) is 9.97 Å². The number of hydrogen-bond acceptors (Lipinski definition) is 8. The Morgan fingerprint density at radius 3 is 2.17 bits per heavy atom. The summed E-state index contributed by atoms with van der Waals surface area (Å²) in [6, 6.07) is 7.94.